The number of anilines is 1. The number of guanidine groups is 1. The van der Waals surface area contributed by atoms with Crippen LogP contribution in [0.5, 0.6) is 0 Å². The molecule has 0 amide bonds. The fourth-order valence-corrected chi connectivity index (χ4v) is 3.12. The molecule has 0 radical (unpaired) electrons. The predicted molar refractivity (Wildman–Crippen MR) is 97.0 cm³/mol. The van der Waals surface area contributed by atoms with E-state index in [1.165, 1.54) is 11.1 Å². The summed E-state index contributed by atoms with van der Waals surface area (Å²) in [5.74, 6) is 0.455. The first-order chi connectivity index (χ1) is 11.2. The summed E-state index contributed by atoms with van der Waals surface area (Å²) in [4.78, 5) is 6.79. The Kier molecular flexibility index (Phi) is 5.16. The van der Waals surface area contributed by atoms with Crippen molar-refractivity contribution in [3.63, 3.8) is 0 Å². The van der Waals surface area contributed by atoms with Crippen LogP contribution in [0.15, 0.2) is 53.5 Å². The third kappa shape index (κ3) is 4.24. The van der Waals surface area contributed by atoms with Gasteiger partial charge in [0.05, 0.1) is 6.54 Å². The van der Waals surface area contributed by atoms with Crippen molar-refractivity contribution >= 4 is 23.2 Å². The lowest BCUT2D eigenvalue weighted by atomic mass is 10.00. The molecule has 3 N–H and O–H groups in total. The molecule has 0 atom stereocenters. The molecule has 0 spiro atoms. The second-order valence-electron chi connectivity index (χ2n) is 5.66. The minimum atomic E-state index is 0.455. The quantitative estimate of drug-likeness (QED) is 0.669. The van der Waals surface area contributed by atoms with Crippen LogP contribution in [0.25, 0.3) is 0 Å². The Bertz CT molecular complexity index is 685. The Morgan fingerprint density at radius 3 is 2.83 bits per heavy atom. The Hall–Kier alpha value is -2.04. The zero-order valence-electron chi connectivity index (χ0n) is 13.0. The van der Waals surface area contributed by atoms with Gasteiger partial charge in [0, 0.05) is 30.3 Å². The first-order valence-electron chi connectivity index (χ1n) is 7.83. The monoisotopic (exact) mass is 328 g/mol. The largest absolute Gasteiger partial charge is 0.370 e. The van der Waals surface area contributed by atoms with E-state index in [1.807, 2.05) is 42.5 Å². The zero-order valence-corrected chi connectivity index (χ0v) is 13.8. The summed E-state index contributed by atoms with van der Waals surface area (Å²) in [6.07, 6.45) is 0.996. The predicted octanol–water partition coefficient (Wildman–Crippen LogP) is 3.12. The van der Waals surface area contributed by atoms with Gasteiger partial charge < -0.3 is 11.1 Å². The van der Waals surface area contributed by atoms with E-state index in [-0.39, 0.29) is 0 Å². The van der Waals surface area contributed by atoms with Gasteiger partial charge >= 0.3 is 0 Å². The maximum atomic E-state index is 6.25. The lowest BCUT2D eigenvalue weighted by molar-refractivity contribution is 0.262. The SMILES string of the molecule is NC(=NCCN1CCc2c(Cl)cccc2C1)Nc1ccccc1. The van der Waals surface area contributed by atoms with Crippen LogP contribution in [-0.2, 0) is 13.0 Å². The van der Waals surface area contributed by atoms with Crippen molar-refractivity contribution in [2.24, 2.45) is 10.7 Å². The van der Waals surface area contributed by atoms with Crippen molar-refractivity contribution in [1.82, 2.24) is 4.90 Å². The number of rotatable bonds is 4. The zero-order chi connectivity index (χ0) is 16.1. The smallest absolute Gasteiger partial charge is 0.193 e. The average Bonchev–Trinajstić information content (AvgIpc) is 2.56. The maximum Gasteiger partial charge on any atom is 0.193 e. The molecule has 5 heteroatoms. The second-order valence-corrected chi connectivity index (χ2v) is 6.07. The minimum Gasteiger partial charge on any atom is -0.370 e. The molecule has 0 aromatic heterocycles. The molecule has 0 aliphatic carbocycles. The van der Waals surface area contributed by atoms with E-state index < -0.39 is 0 Å². The molecule has 2 aromatic carbocycles. The molecule has 2 aromatic rings. The van der Waals surface area contributed by atoms with Gasteiger partial charge in [0.1, 0.15) is 0 Å². The van der Waals surface area contributed by atoms with Gasteiger partial charge in [0.25, 0.3) is 0 Å². The number of para-hydroxylation sites is 1. The van der Waals surface area contributed by atoms with E-state index in [2.05, 4.69) is 21.3 Å². The lowest BCUT2D eigenvalue weighted by Gasteiger charge is -2.28. The number of benzene rings is 2. The third-order valence-corrected chi connectivity index (χ3v) is 4.39. The van der Waals surface area contributed by atoms with E-state index in [0.29, 0.717) is 12.5 Å². The Morgan fingerprint density at radius 1 is 1.17 bits per heavy atom. The number of hydrogen-bond donors (Lipinski definition) is 2. The molecule has 0 unspecified atom stereocenters. The summed E-state index contributed by atoms with van der Waals surface area (Å²) in [5.41, 5.74) is 9.49. The molecule has 1 heterocycles. The lowest BCUT2D eigenvalue weighted by Crippen LogP contribution is -2.33. The highest BCUT2D eigenvalue weighted by atomic mass is 35.5. The molecule has 120 valence electrons. The standard InChI is InChI=1S/C18H21ClN4/c19-17-8-4-5-14-13-23(11-9-16(14)17)12-10-21-18(20)22-15-6-2-1-3-7-15/h1-8H,9-13H2,(H3,20,21,22). The topological polar surface area (TPSA) is 53.6 Å². The average molecular weight is 329 g/mol. The van der Waals surface area contributed by atoms with Crippen LogP contribution in [0.4, 0.5) is 5.69 Å². The summed E-state index contributed by atoms with van der Waals surface area (Å²) in [6, 6.07) is 16.0. The van der Waals surface area contributed by atoms with Crippen molar-refractivity contribution in [3.05, 3.63) is 64.7 Å². The molecule has 0 saturated carbocycles. The molecule has 0 saturated heterocycles. The number of nitrogens with zero attached hydrogens (tertiary/aromatic N) is 2. The second kappa shape index (κ2) is 7.49. The van der Waals surface area contributed by atoms with Gasteiger partial charge in [0.15, 0.2) is 5.96 Å². The highest BCUT2D eigenvalue weighted by Crippen LogP contribution is 2.25. The molecule has 4 nitrogen and oxygen atoms in total. The summed E-state index contributed by atoms with van der Waals surface area (Å²) >= 11 is 6.25. The highest BCUT2D eigenvalue weighted by Gasteiger charge is 2.17. The third-order valence-electron chi connectivity index (χ3n) is 4.03. The van der Waals surface area contributed by atoms with Gasteiger partial charge in [-0.3, -0.25) is 9.89 Å². The van der Waals surface area contributed by atoms with Gasteiger partial charge in [0.2, 0.25) is 0 Å². The number of aliphatic imine (C=N–C) groups is 1. The van der Waals surface area contributed by atoms with Crippen LogP contribution in [-0.4, -0.2) is 30.5 Å². The Balaban J connectivity index is 1.50. The molecule has 0 fully saturated rings. The van der Waals surface area contributed by atoms with Crippen LogP contribution in [0, 0.1) is 0 Å². The first-order valence-corrected chi connectivity index (χ1v) is 8.21. The van der Waals surface area contributed by atoms with Gasteiger partial charge in [-0.15, -0.1) is 0 Å². The molecule has 1 aliphatic rings. The molecule has 23 heavy (non-hydrogen) atoms. The highest BCUT2D eigenvalue weighted by molar-refractivity contribution is 6.31. The number of hydrogen-bond acceptors (Lipinski definition) is 2. The minimum absolute atomic E-state index is 0.455. The van der Waals surface area contributed by atoms with Crippen molar-refractivity contribution < 1.29 is 0 Å². The number of nitrogens with two attached hydrogens (primary N) is 1. The molecule has 1 aliphatic heterocycles. The van der Waals surface area contributed by atoms with Crippen molar-refractivity contribution in [2.45, 2.75) is 13.0 Å². The Morgan fingerprint density at radius 2 is 2.00 bits per heavy atom. The normalized spacial score (nSPS) is 15.3. The molecular weight excluding hydrogens is 308 g/mol. The van der Waals surface area contributed by atoms with E-state index in [0.717, 1.165) is 36.8 Å². The van der Waals surface area contributed by atoms with Crippen molar-refractivity contribution in [1.29, 1.82) is 0 Å². The van der Waals surface area contributed by atoms with Crippen LogP contribution in [0.3, 0.4) is 0 Å². The van der Waals surface area contributed by atoms with E-state index in [9.17, 15) is 0 Å². The van der Waals surface area contributed by atoms with Crippen LogP contribution in [0.1, 0.15) is 11.1 Å². The maximum absolute atomic E-state index is 6.25. The molecule has 3 rings (SSSR count). The van der Waals surface area contributed by atoms with E-state index in [4.69, 9.17) is 17.3 Å². The van der Waals surface area contributed by atoms with Gasteiger partial charge in [-0.1, -0.05) is 41.9 Å². The van der Waals surface area contributed by atoms with Crippen molar-refractivity contribution in [2.75, 3.05) is 25.0 Å². The molecule has 0 bridgehead atoms. The van der Waals surface area contributed by atoms with E-state index >= 15 is 0 Å². The van der Waals surface area contributed by atoms with E-state index in [1.54, 1.807) is 0 Å². The fourth-order valence-electron chi connectivity index (χ4n) is 2.83. The summed E-state index contributed by atoms with van der Waals surface area (Å²) < 4.78 is 0. The summed E-state index contributed by atoms with van der Waals surface area (Å²) in [6.45, 7) is 3.51. The number of nitrogens with one attached hydrogen (secondary N) is 1. The summed E-state index contributed by atoms with van der Waals surface area (Å²) in [7, 11) is 0. The number of fused-ring (bicyclic) bond motifs is 1. The van der Waals surface area contributed by atoms with Crippen LogP contribution < -0.4 is 11.1 Å². The van der Waals surface area contributed by atoms with Crippen LogP contribution in [0.2, 0.25) is 5.02 Å². The van der Waals surface area contributed by atoms with Crippen LogP contribution >= 0.6 is 11.6 Å². The first kappa shape index (κ1) is 15.8. The van der Waals surface area contributed by atoms with Gasteiger partial charge in [-0.05, 0) is 35.7 Å². The van der Waals surface area contributed by atoms with Crippen molar-refractivity contribution in [3.8, 4) is 0 Å². The summed E-state index contributed by atoms with van der Waals surface area (Å²) in [5, 5.41) is 3.98. The fraction of sp³-hybridized carbons (Fsp3) is 0.278. The van der Waals surface area contributed by atoms with Gasteiger partial charge in [-0.25, -0.2) is 0 Å². The number of halogens is 1. The van der Waals surface area contributed by atoms with Gasteiger partial charge in [-0.2, -0.15) is 0 Å². The Labute approximate surface area is 142 Å². The molecular formula is C18H21ClN4.